The molecule has 0 radical (unpaired) electrons. The molecule has 0 unspecified atom stereocenters. The predicted molar refractivity (Wildman–Crippen MR) is 46.3 cm³/mol. The normalized spacial score (nSPS) is 37.2. The molecule has 1 saturated carbocycles. The second-order valence-corrected chi connectivity index (χ2v) is 4.14. The van der Waals surface area contributed by atoms with Gasteiger partial charge in [0.15, 0.2) is 5.82 Å². The molecule has 1 aromatic rings. The maximum atomic E-state index is 5.20. The van der Waals surface area contributed by atoms with Crippen LogP contribution >= 0.6 is 0 Å². The molecule has 2 bridgehead atoms. The summed E-state index contributed by atoms with van der Waals surface area (Å²) in [4.78, 5) is 4.29. The molecule has 4 nitrogen and oxygen atoms in total. The first-order valence-electron chi connectivity index (χ1n) is 4.86. The predicted octanol–water partition coefficient (Wildman–Crippen LogP) is 0.843. The van der Waals surface area contributed by atoms with Crippen LogP contribution in [0.25, 0.3) is 0 Å². The Kier molecular flexibility index (Phi) is 1.47. The molecule has 2 aliphatic rings. The number of nitrogens with zero attached hydrogens (tertiary/aromatic N) is 2. The van der Waals surface area contributed by atoms with E-state index in [0.29, 0.717) is 12.0 Å². The van der Waals surface area contributed by atoms with Gasteiger partial charge in [-0.15, -0.1) is 0 Å². The van der Waals surface area contributed by atoms with Crippen molar-refractivity contribution in [2.24, 2.45) is 5.92 Å². The molecule has 13 heavy (non-hydrogen) atoms. The van der Waals surface area contributed by atoms with Gasteiger partial charge in [-0.05, 0) is 32.2 Å². The Morgan fingerprint density at radius 2 is 2.38 bits per heavy atom. The fourth-order valence-electron chi connectivity index (χ4n) is 2.59. The summed E-state index contributed by atoms with van der Waals surface area (Å²) in [5.74, 6) is 2.89. The lowest BCUT2D eigenvalue weighted by atomic mass is 10.00. The highest BCUT2D eigenvalue weighted by Gasteiger charge is 2.42. The third-order valence-electron chi connectivity index (χ3n) is 3.19. The SMILES string of the molecule is Cc1noc([C@@H]2C[C@H]3CN[C@@H]2C3)n1. The van der Waals surface area contributed by atoms with Crippen molar-refractivity contribution in [1.29, 1.82) is 0 Å². The first kappa shape index (κ1) is 7.50. The van der Waals surface area contributed by atoms with Crippen LogP contribution in [0.3, 0.4) is 0 Å². The number of nitrogens with one attached hydrogen (secondary N) is 1. The average Bonchev–Trinajstić information content (AvgIpc) is 2.77. The van der Waals surface area contributed by atoms with Crippen molar-refractivity contribution in [3.8, 4) is 0 Å². The van der Waals surface area contributed by atoms with E-state index in [4.69, 9.17) is 4.52 Å². The fraction of sp³-hybridized carbons (Fsp3) is 0.778. The van der Waals surface area contributed by atoms with Gasteiger partial charge >= 0.3 is 0 Å². The maximum absolute atomic E-state index is 5.20. The van der Waals surface area contributed by atoms with E-state index >= 15 is 0 Å². The molecule has 1 N–H and O–H groups in total. The van der Waals surface area contributed by atoms with E-state index in [1.54, 1.807) is 0 Å². The van der Waals surface area contributed by atoms with Gasteiger partial charge in [-0.2, -0.15) is 4.98 Å². The van der Waals surface area contributed by atoms with Crippen LogP contribution in [0.5, 0.6) is 0 Å². The van der Waals surface area contributed by atoms with E-state index in [-0.39, 0.29) is 0 Å². The number of hydrogen-bond donors (Lipinski definition) is 1. The Labute approximate surface area is 76.7 Å². The molecular weight excluding hydrogens is 166 g/mol. The third-order valence-corrected chi connectivity index (χ3v) is 3.19. The summed E-state index contributed by atoms with van der Waals surface area (Å²) in [5, 5.41) is 7.32. The van der Waals surface area contributed by atoms with E-state index in [1.165, 1.54) is 19.4 Å². The van der Waals surface area contributed by atoms with E-state index in [0.717, 1.165) is 17.6 Å². The topological polar surface area (TPSA) is 51.0 Å². The van der Waals surface area contributed by atoms with Gasteiger partial charge in [-0.3, -0.25) is 0 Å². The molecule has 3 atom stereocenters. The van der Waals surface area contributed by atoms with E-state index in [9.17, 15) is 0 Å². The van der Waals surface area contributed by atoms with Crippen LogP contribution in [-0.4, -0.2) is 22.7 Å². The molecule has 0 spiro atoms. The lowest BCUT2D eigenvalue weighted by molar-refractivity contribution is 0.315. The summed E-state index contributed by atoms with van der Waals surface area (Å²) in [6.45, 7) is 3.04. The Bertz CT molecular complexity index is 322. The van der Waals surface area contributed by atoms with Gasteiger partial charge in [0.05, 0.1) is 5.92 Å². The van der Waals surface area contributed by atoms with Crippen molar-refractivity contribution in [3.63, 3.8) is 0 Å². The van der Waals surface area contributed by atoms with Crippen molar-refractivity contribution in [1.82, 2.24) is 15.5 Å². The van der Waals surface area contributed by atoms with Gasteiger partial charge in [-0.25, -0.2) is 0 Å². The summed E-state index contributed by atoms with van der Waals surface area (Å²) in [7, 11) is 0. The fourth-order valence-corrected chi connectivity index (χ4v) is 2.59. The summed E-state index contributed by atoms with van der Waals surface area (Å²) in [5.41, 5.74) is 0. The van der Waals surface area contributed by atoms with Gasteiger partial charge in [0.25, 0.3) is 0 Å². The number of piperidine rings is 1. The molecule has 4 heteroatoms. The highest BCUT2D eigenvalue weighted by Crippen LogP contribution is 2.41. The van der Waals surface area contributed by atoms with Gasteiger partial charge in [0.1, 0.15) is 0 Å². The van der Waals surface area contributed by atoms with Crippen LogP contribution in [0.4, 0.5) is 0 Å². The Morgan fingerprint density at radius 1 is 1.46 bits per heavy atom. The molecule has 3 rings (SSSR count). The van der Waals surface area contributed by atoms with Gasteiger partial charge in [-0.1, -0.05) is 5.16 Å². The lowest BCUT2D eigenvalue weighted by Crippen LogP contribution is -2.31. The summed E-state index contributed by atoms with van der Waals surface area (Å²) >= 11 is 0. The summed E-state index contributed by atoms with van der Waals surface area (Å²) < 4.78 is 5.20. The number of aromatic nitrogens is 2. The zero-order valence-corrected chi connectivity index (χ0v) is 7.66. The molecule has 1 aromatic heterocycles. The highest BCUT2D eigenvalue weighted by molar-refractivity contribution is 5.08. The first-order valence-corrected chi connectivity index (χ1v) is 4.86. The summed E-state index contributed by atoms with van der Waals surface area (Å²) in [6.07, 6.45) is 2.51. The molecule has 70 valence electrons. The number of hydrogen-bond acceptors (Lipinski definition) is 4. The Balaban J connectivity index is 1.87. The van der Waals surface area contributed by atoms with Crippen LogP contribution in [0.1, 0.15) is 30.5 Å². The minimum absolute atomic E-state index is 0.472. The molecular formula is C9H13N3O. The molecule has 1 aliphatic heterocycles. The molecule has 0 amide bonds. The van der Waals surface area contributed by atoms with E-state index in [1.807, 2.05) is 6.92 Å². The quantitative estimate of drug-likeness (QED) is 0.694. The van der Waals surface area contributed by atoms with Crippen LogP contribution in [-0.2, 0) is 0 Å². The van der Waals surface area contributed by atoms with E-state index < -0.39 is 0 Å². The molecule has 0 aromatic carbocycles. The van der Waals surface area contributed by atoms with Crippen molar-refractivity contribution in [3.05, 3.63) is 11.7 Å². The van der Waals surface area contributed by atoms with Gasteiger partial charge < -0.3 is 9.84 Å². The summed E-state index contributed by atoms with van der Waals surface area (Å²) in [6, 6.07) is 0.588. The van der Waals surface area contributed by atoms with Gasteiger partial charge in [0.2, 0.25) is 5.89 Å². The lowest BCUT2D eigenvalue weighted by Gasteiger charge is -2.18. The zero-order chi connectivity index (χ0) is 8.84. The zero-order valence-electron chi connectivity index (χ0n) is 7.66. The highest BCUT2D eigenvalue weighted by atomic mass is 16.5. The third kappa shape index (κ3) is 1.09. The minimum atomic E-state index is 0.472. The van der Waals surface area contributed by atoms with Crippen molar-refractivity contribution in [2.75, 3.05) is 6.54 Å². The van der Waals surface area contributed by atoms with Crippen molar-refractivity contribution in [2.45, 2.75) is 31.7 Å². The van der Waals surface area contributed by atoms with Crippen LogP contribution < -0.4 is 5.32 Å². The first-order chi connectivity index (χ1) is 6.33. The standard InChI is InChI=1S/C9H13N3O/c1-5-11-9(13-12-5)7-2-6-3-8(7)10-4-6/h6-8,10H,2-4H2,1H3/t6-,7-,8-/m1/s1. The van der Waals surface area contributed by atoms with E-state index in [2.05, 4.69) is 15.5 Å². The second-order valence-electron chi connectivity index (χ2n) is 4.14. The Morgan fingerprint density at radius 3 is 2.92 bits per heavy atom. The maximum Gasteiger partial charge on any atom is 0.231 e. The van der Waals surface area contributed by atoms with Crippen molar-refractivity contribution < 1.29 is 4.52 Å². The van der Waals surface area contributed by atoms with Crippen LogP contribution in [0.2, 0.25) is 0 Å². The van der Waals surface area contributed by atoms with Gasteiger partial charge in [0, 0.05) is 6.04 Å². The average molecular weight is 179 g/mol. The number of aryl methyl sites for hydroxylation is 1. The van der Waals surface area contributed by atoms with Crippen LogP contribution in [0.15, 0.2) is 4.52 Å². The monoisotopic (exact) mass is 179 g/mol. The molecule has 1 aliphatic carbocycles. The second kappa shape index (κ2) is 2.54. The Hall–Kier alpha value is -0.900. The largest absolute Gasteiger partial charge is 0.339 e. The molecule has 1 saturated heterocycles. The van der Waals surface area contributed by atoms with Crippen LogP contribution in [0, 0.1) is 12.8 Å². The number of rotatable bonds is 1. The smallest absolute Gasteiger partial charge is 0.231 e. The molecule has 2 fully saturated rings. The minimum Gasteiger partial charge on any atom is -0.339 e. The molecule has 2 heterocycles. The number of fused-ring (bicyclic) bond motifs is 2. The van der Waals surface area contributed by atoms with Crippen molar-refractivity contribution >= 4 is 0 Å².